The maximum absolute atomic E-state index is 9.48. The molecular formula is C17H16Cl2N4OS. The van der Waals surface area contributed by atoms with E-state index in [1.807, 2.05) is 32.0 Å². The Kier molecular flexibility index (Phi) is 4.92. The average molecular weight is 395 g/mol. The minimum Gasteiger partial charge on any atom is -0.443 e. The van der Waals surface area contributed by atoms with Crippen molar-refractivity contribution in [1.29, 1.82) is 5.26 Å². The van der Waals surface area contributed by atoms with E-state index in [1.54, 1.807) is 12.4 Å². The third-order valence-electron chi connectivity index (χ3n) is 3.76. The third kappa shape index (κ3) is 3.74. The second-order valence-corrected chi connectivity index (χ2v) is 8.02. The Morgan fingerprint density at radius 1 is 1.44 bits per heavy atom. The van der Waals surface area contributed by atoms with Gasteiger partial charge in [-0.15, -0.1) is 11.6 Å². The van der Waals surface area contributed by atoms with Gasteiger partial charge >= 0.3 is 0 Å². The summed E-state index contributed by atoms with van der Waals surface area (Å²) < 4.78 is 10.3. The van der Waals surface area contributed by atoms with Crippen LogP contribution in [-0.4, -0.2) is 29.7 Å². The Bertz CT molecular complexity index is 882. The Morgan fingerprint density at radius 3 is 2.76 bits per heavy atom. The zero-order chi connectivity index (χ0) is 18.2. The molecule has 0 unspecified atom stereocenters. The van der Waals surface area contributed by atoms with E-state index in [2.05, 4.69) is 15.4 Å². The standard InChI is InChI=1S/C17H16Cl2N4OS/c1-10-6-13(21-9-23(2)3)12(18)7-14(10)24-16-11(8-20)15(22-25-16)17(19)4-5-17/h6-7,9H,4-5H2,1-3H3. The van der Waals surface area contributed by atoms with Gasteiger partial charge in [-0.05, 0) is 31.4 Å². The van der Waals surface area contributed by atoms with Gasteiger partial charge in [0.05, 0.1) is 27.6 Å². The van der Waals surface area contributed by atoms with Crippen LogP contribution in [0.5, 0.6) is 10.8 Å². The molecule has 0 atom stereocenters. The number of ether oxygens (including phenoxy) is 1. The minimum absolute atomic E-state index is 0.405. The molecule has 25 heavy (non-hydrogen) atoms. The van der Waals surface area contributed by atoms with Crippen molar-refractivity contribution in [3.63, 3.8) is 0 Å². The van der Waals surface area contributed by atoms with Gasteiger partial charge in [-0.1, -0.05) is 11.6 Å². The summed E-state index contributed by atoms with van der Waals surface area (Å²) in [6.45, 7) is 1.90. The van der Waals surface area contributed by atoms with Gasteiger partial charge in [0.25, 0.3) is 0 Å². The van der Waals surface area contributed by atoms with Gasteiger partial charge in [0.2, 0.25) is 5.06 Å². The molecule has 5 nitrogen and oxygen atoms in total. The minimum atomic E-state index is -0.499. The van der Waals surface area contributed by atoms with Gasteiger partial charge in [0.15, 0.2) is 0 Å². The van der Waals surface area contributed by atoms with Crippen molar-refractivity contribution in [3.05, 3.63) is 34.0 Å². The van der Waals surface area contributed by atoms with Gasteiger partial charge in [0.1, 0.15) is 17.4 Å². The van der Waals surface area contributed by atoms with E-state index in [-0.39, 0.29) is 0 Å². The van der Waals surface area contributed by atoms with Crippen LogP contribution >= 0.6 is 34.7 Å². The highest BCUT2D eigenvalue weighted by molar-refractivity contribution is 7.08. The number of hydrogen-bond acceptors (Lipinski definition) is 5. The summed E-state index contributed by atoms with van der Waals surface area (Å²) in [7, 11) is 3.77. The number of nitriles is 1. The van der Waals surface area contributed by atoms with Crippen LogP contribution in [0.2, 0.25) is 5.02 Å². The molecule has 130 valence electrons. The van der Waals surface area contributed by atoms with E-state index in [0.717, 1.165) is 29.9 Å². The summed E-state index contributed by atoms with van der Waals surface area (Å²) >= 11 is 13.8. The summed E-state index contributed by atoms with van der Waals surface area (Å²) in [5.41, 5.74) is 2.54. The predicted octanol–water partition coefficient (Wildman–Crippen LogP) is 5.22. The molecule has 0 amide bonds. The van der Waals surface area contributed by atoms with Crippen LogP contribution < -0.4 is 4.74 Å². The molecule has 2 aromatic rings. The Balaban J connectivity index is 1.90. The van der Waals surface area contributed by atoms with Crippen molar-refractivity contribution in [3.8, 4) is 16.9 Å². The summed E-state index contributed by atoms with van der Waals surface area (Å²) in [5, 5.41) is 10.4. The molecule has 3 rings (SSSR count). The number of aromatic nitrogens is 1. The van der Waals surface area contributed by atoms with Crippen molar-refractivity contribution in [2.75, 3.05) is 14.1 Å². The first kappa shape index (κ1) is 18.0. The monoisotopic (exact) mass is 394 g/mol. The highest BCUT2D eigenvalue weighted by Gasteiger charge is 2.47. The lowest BCUT2D eigenvalue weighted by atomic mass is 10.2. The topological polar surface area (TPSA) is 61.5 Å². The number of benzene rings is 1. The first-order valence-corrected chi connectivity index (χ1v) is 9.15. The molecule has 0 spiro atoms. The van der Waals surface area contributed by atoms with Gasteiger partial charge in [0, 0.05) is 31.7 Å². The van der Waals surface area contributed by atoms with Gasteiger partial charge < -0.3 is 9.64 Å². The number of aliphatic imine (C=N–C) groups is 1. The van der Waals surface area contributed by atoms with Gasteiger partial charge in [-0.3, -0.25) is 0 Å². The first-order valence-electron chi connectivity index (χ1n) is 7.62. The lowest BCUT2D eigenvalue weighted by molar-refractivity contribution is 0.490. The molecule has 1 saturated carbocycles. The molecule has 1 heterocycles. The summed E-state index contributed by atoms with van der Waals surface area (Å²) in [6, 6.07) is 5.71. The highest BCUT2D eigenvalue weighted by atomic mass is 35.5. The molecule has 1 aliphatic carbocycles. The van der Waals surface area contributed by atoms with Crippen LogP contribution in [0.15, 0.2) is 17.1 Å². The fourth-order valence-electron chi connectivity index (χ4n) is 2.23. The smallest absolute Gasteiger partial charge is 0.218 e. The fourth-order valence-corrected chi connectivity index (χ4v) is 3.51. The number of aryl methyl sites for hydroxylation is 1. The van der Waals surface area contributed by atoms with Crippen LogP contribution in [0.25, 0.3) is 0 Å². The van der Waals surface area contributed by atoms with Crippen LogP contribution in [0.4, 0.5) is 5.69 Å². The van der Waals surface area contributed by atoms with E-state index in [9.17, 15) is 5.26 Å². The first-order chi connectivity index (χ1) is 11.8. The zero-order valence-corrected chi connectivity index (χ0v) is 16.3. The van der Waals surface area contributed by atoms with E-state index in [1.165, 1.54) is 0 Å². The molecule has 0 saturated heterocycles. The number of rotatable bonds is 5. The van der Waals surface area contributed by atoms with Gasteiger partial charge in [-0.2, -0.15) is 9.64 Å². The summed E-state index contributed by atoms with van der Waals surface area (Å²) in [5.74, 6) is 0.569. The van der Waals surface area contributed by atoms with Crippen molar-refractivity contribution in [1.82, 2.24) is 9.27 Å². The molecule has 8 heteroatoms. The van der Waals surface area contributed by atoms with E-state index >= 15 is 0 Å². The maximum Gasteiger partial charge on any atom is 0.218 e. The predicted molar refractivity (Wildman–Crippen MR) is 102 cm³/mol. The van der Waals surface area contributed by atoms with Crippen molar-refractivity contribution >= 4 is 46.8 Å². The molecule has 0 aliphatic heterocycles. The second-order valence-electron chi connectivity index (χ2n) is 6.15. The Hall–Kier alpha value is -1.81. The SMILES string of the molecule is Cc1cc(N=CN(C)C)c(Cl)cc1Oc1snc(C2(Cl)CC2)c1C#N. The molecule has 1 fully saturated rings. The van der Waals surface area contributed by atoms with Crippen molar-refractivity contribution in [2.24, 2.45) is 4.99 Å². The maximum atomic E-state index is 9.48. The number of halogens is 2. The van der Waals surface area contributed by atoms with Crippen LogP contribution in [0.3, 0.4) is 0 Å². The number of alkyl halides is 1. The quantitative estimate of drug-likeness (QED) is 0.396. The average Bonchev–Trinajstić information content (AvgIpc) is 3.16. The molecule has 1 aromatic carbocycles. The van der Waals surface area contributed by atoms with E-state index < -0.39 is 4.87 Å². The van der Waals surface area contributed by atoms with E-state index in [0.29, 0.717) is 32.8 Å². The summed E-state index contributed by atoms with van der Waals surface area (Å²) in [6.07, 6.45) is 3.34. The molecule has 1 aliphatic rings. The lowest BCUT2D eigenvalue weighted by Gasteiger charge is -2.10. The third-order valence-corrected chi connectivity index (χ3v) is 5.35. The number of nitrogens with zero attached hydrogens (tertiary/aromatic N) is 4. The molecule has 0 radical (unpaired) electrons. The molecule has 0 N–H and O–H groups in total. The normalized spacial score (nSPS) is 15.2. The largest absolute Gasteiger partial charge is 0.443 e. The summed E-state index contributed by atoms with van der Waals surface area (Å²) in [4.78, 5) is 5.65. The fraction of sp³-hybridized carbons (Fsp3) is 0.353. The molecule has 1 aromatic heterocycles. The zero-order valence-electron chi connectivity index (χ0n) is 14.0. The number of hydrogen-bond donors (Lipinski definition) is 0. The van der Waals surface area contributed by atoms with Crippen LogP contribution in [-0.2, 0) is 4.87 Å². The van der Waals surface area contributed by atoms with Crippen molar-refractivity contribution in [2.45, 2.75) is 24.6 Å². The molecule has 0 bridgehead atoms. The van der Waals surface area contributed by atoms with E-state index in [4.69, 9.17) is 27.9 Å². The van der Waals surface area contributed by atoms with Crippen molar-refractivity contribution < 1.29 is 4.74 Å². The van der Waals surface area contributed by atoms with Crippen LogP contribution in [0, 0.1) is 18.3 Å². The second kappa shape index (κ2) is 6.83. The highest BCUT2D eigenvalue weighted by Crippen LogP contribution is 2.54. The van der Waals surface area contributed by atoms with Gasteiger partial charge in [-0.25, -0.2) is 4.99 Å². The Morgan fingerprint density at radius 2 is 2.16 bits per heavy atom. The molecular weight excluding hydrogens is 379 g/mol. The van der Waals surface area contributed by atoms with Crippen LogP contribution in [0.1, 0.15) is 29.7 Å². The lowest BCUT2D eigenvalue weighted by Crippen LogP contribution is -2.07. The Labute approximate surface area is 160 Å².